The van der Waals surface area contributed by atoms with E-state index in [1.54, 1.807) is 0 Å². The van der Waals surface area contributed by atoms with Crippen LogP contribution >= 0.6 is 0 Å². The summed E-state index contributed by atoms with van der Waals surface area (Å²) in [6.45, 7) is 8.52. The fourth-order valence-corrected chi connectivity index (χ4v) is 2.82. The van der Waals surface area contributed by atoms with Crippen LogP contribution in [-0.4, -0.2) is 44.3 Å². The van der Waals surface area contributed by atoms with Crippen molar-refractivity contribution in [3.05, 3.63) is 35.4 Å². The fourth-order valence-electron chi connectivity index (χ4n) is 2.82. The molecule has 1 aromatic rings. The Morgan fingerprint density at radius 2 is 2.10 bits per heavy atom. The van der Waals surface area contributed by atoms with Gasteiger partial charge in [-0.3, -0.25) is 4.90 Å². The van der Waals surface area contributed by atoms with Crippen LogP contribution in [-0.2, 0) is 4.74 Å². The van der Waals surface area contributed by atoms with E-state index >= 15 is 0 Å². The molecule has 1 heterocycles. The molecule has 1 N–H and O–H groups in total. The molecular weight excluding hydrogens is 248 g/mol. The smallest absolute Gasteiger partial charge is 0.0700 e. The Morgan fingerprint density at radius 3 is 2.75 bits per heavy atom. The highest BCUT2D eigenvalue weighted by Gasteiger charge is 2.19. The SMILES string of the molecule is CCC1CN(CCC(NC)c2ccc(C)cc2)CCO1. The largest absolute Gasteiger partial charge is 0.376 e. The van der Waals surface area contributed by atoms with E-state index < -0.39 is 0 Å². The molecular formula is C17H28N2O. The predicted octanol–water partition coefficient (Wildman–Crippen LogP) is 2.76. The normalized spacial score (nSPS) is 21.9. The molecule has 20 heavy (non-hydrogen) atoms. The lowest BCUT2D eigenvalue weighted by atomic mass is 10.0. The van der Waals surface area contributed by atoms with E-state index in [2.05, 4.69) is 55.4 Å². The molecule has 0 saturated carbocycles. The number of benzene rings is 1. The lowest BCUT2D eigenvalue weighted by Crippen LogP contribution is -2.43. The van der Waals surface area contributed by atoms with Crippen molar-refractivity contribution in [1.82, 2.24) is 10.2 Å². The second-order valence-corrected chi connectivity index (χ2v) is 5.74. The molecule has 3 nitrogen and oxygen atoms in total. The van der Waals surface area contributed by atoms with Crippen LogP contribution in [0.5, 0.6) is 0 Å². The van der Waals surface area contributed by atoms with Gasteiger partial charge in [-0.15, -0.1) is 0 Å². The van der Waals surface area contributed by atoms with E-state index in [1.807, 2.05) is 0 Å². The lowest BCUT2D eigenvalue weighted by Gasteiger charge is -2.33. The summed E-state index contributed by atoms with van der Waals surface area (Å²) in [5.41, 5.74) is 2.71. The standard InChI is InChI=1S/C17H28N2O/c1-4-16-13-19(11-12-20-16)10-9-17(18-3)15-7-5-14(2)6-8-15/h5-8,16-18H,4,9-13H2,1-3H3. The van der Waals surface area contributed by atoms with E-state index in [0.717, 1.165) is 39.1 Å². The van der Waals surface area contributed by atoms with E-state index in [4.69, 9.17) is 4.74 Å². The minimum Gasteiger partial charge on any atom is -0.376 e. The summed E-state index contributed by atoms with van der Waals surface area (Å²) in [6.07, 6.45) is 2.69. The molecule has 1 aliphatic heterocycles. The molecule has 0 amide bonds. The average molecular weight is 276 g/mol. The first kappa shape index (κ1) is 15.5. The van der Waals surface area contributed by atoms with Crippen LogP contribution in [0.3, 0.4) is 0 Å². The Morgan fingerprint density at radius 1 is 1.35 bits per heavy atom. The summed E-state index contributed by atoms with van der Waals surface area (Å²) in [5.74, 6) is 0. The third kappa shape index (κ3) is 4.30. The molecule has 0 spiro atoms. The maximum absolute atomic E-state index is 5.73. The van der Waals surface area contributed by atoms with Crippen molar-refractivity contribution < 1.29 is 4.74 Å². The zero-order valence-electron chi connectivity index (χ0n) is 13.1. The molecule has 1 saturated heterocycles. The highest BCUT2D eigenvalue weighted by atomic mass is 16.5. The third-order valence-corrected chi connectivity index (χ3v) is 4.24. The second kappa shape index (κ2) is 7.77. The summed E-state index contributed by atoms with van der Waals surface area (Å²) >= 11 is 0. The van der Waals surface area contributed by atoms with Crippen LogP contribution in [0, 0.1) is 6.92 Å². The molecule has 2 unspecified atom stereocenters. The zero-order valence-corrected chi connectivity index (χ0v) is 13.1. The minimum absolute atomic E-state index is 0.427. The summed E-state index contributed by atoms with van der Waals surface area (Å²) in [4.78, 5) is 2.54. The van der Waals surface area contributed by atoms with Gasteiger partial charge in [0.25, 0.3) is 0 Å². The van der Waals surface area contributed by atoms with Crippen molar-refractivity contribution in [1.29, 1.82) is 0 Å². The van der Waals surface area contributed by atoms with E-state index in [1.165, 1.54) is 11.1 Å². The molecule has 0 aliphatic carbocycles. The van der Waals surface area contributed by atoms with Gasteiger partial charge in [0.05, 0.1) is 12.7 Å². The van der Waals surface area contributed by atoms with Gasteiger partial charge < -0.3 is 10.1 Å². The van der Waals surface area contributed by atoms with Crippen LogP contribution in [0.2, 0.25) is 0 Å². The summed E-state index contributed by atoms with van der Waals surface area (Å²) in [5, 5.41) is 3.44. The van der Waals surface area contributed by atoms with Crippen LogP contribution in [0.4, 0.5) is 0 Å². The highest BCUT2D eigenvalue weighted by molar-refractivity contribution is 5.24. The van der Waals surface area contributed by atoms with Gasteiger partial charge in [0, 0.05) is 25.7 Å². The number of hydrogen-bond acceptors (Lipinski definition) is 3. The number of morpholine rings is 1. The predicted molar refractivity (Wildman–Crippen MR) is 84.1 cm³/mol. The second-order valence-electron chi connectivity index (χ2n) is 5.74. The fraction of sp³-hybridized carbons (Fsp3) is 0.647. The number of nitrogens with one attached hydrogen (secondary N) is 1. The number of rotatable bonds is 6. The Balaban J connectivity index is 1.85. The number of ether oxygens (including phenoxy) is 1. The maximum Gasteiger partial charge on any atom is 0.0700 e. The first-order valence-electron chi connectivity index (χ1n) is 7.80. The minimum atomic E-state index is 0.427. The summed E-state index contributed by atoms with van der Waals surface area (Å²) in [7, 11) is 2.05. The van der Waals surface area contributed by atoms with Gasteiger partial charge in [-0.25, -0.2) is 0 Å². The van der Waals surface area contributed by atoms with Gasteiger partial charge in [-0.05, 0) is 32.4 Å². The van der Waals surface area contributed by atoms with Crippen molar-refractivity contribution in [2.75, 3.05) is 33.3 Å². The van der Waals surface area contributed by atoms with E-state index in [9.17, 15) is 0 Å². The summed E-state index contributed by atoms with van der Waals surface area (Å²) < 4.78 is 5.73. The monoisotopic (exact) mass is 276 g/mol. The highest BCUT2D eigenvalue weighted by Crippen LogP contribution is 2.18. The van der Waals surface area contributed by atoms with Crippen LogP contribution < -0.4 is 5.32 Å². The third-order valence-electron chi connectivity index (χ3n) is 4.24. The van der Waals surface area contributed by atoms with Gasteiger partial charge in [0.2, 0.25) is 0 Å². The summed E-state index contributed by atoms with van der Waals surface area (Å²) in [6, 6.07) is 9.32. The molecule has 0 radical (unpaired) electrons. The van der Waals surface area contributed by atoms with Crippen molar-refractivity contribution in [3.8, 4) is 0 Å². The lowest BCUT2D eigenvalue weighted by molar-refractivity contribution is -0.0304. The molecule has 0 aromatic heterocycles. The van der Waals surface area contributed by atoms with Crippen molar-refractivity contribution in [2.24, 2.45) is 0 Å². The molecule has 1 aromatic carbocycles. The van der Waals surface area contributed by atoms with Crippen molar-refractivity contribution in [2.45, 2.75) is 38.8 Å². The molecule has 0 bridgehead atoms. The maximum atomic E-state index is 5.73. The van der Waals surface area contributed by atoms with Crippen LogP contribution in [0.1, 0.15) is 36.9 Å². The molecule has 1 aliphatic rings. The Bertz CT molecular complexity index is 390. The van der Waals surface area contributed by atoms with Crippen molar-refractivity contribution in [3.63, 3.8) is 0 Å². The molecule has 1 fully saturated rings. The Kier molecular flexibility index (Phi) is 6.02. The van der Waals surface area contributed by atoms with Crippen LogP contribution in [0.15, 0.2) is 24.3 Å². The Labute approximate surface area is 123 Å². The molecule has 2 rings (SSSR count). The van der Waals surface area contributed by atoms with Gasteiger partial charge in [-0.2, -0.15) is 0 Å². The van der Waals surface area contributed by atoms with Crippen molar-refractivity contribution >= 4 is 0 Å². The van der Waals surface area contributed by atoms with Crippen LogP contribution in [0.25, 0.3) is 0 Å². The number of nitrogens with zero attached hydrogens (tertiary/aromatic N) is 1. The molecule has 2 atom stereocenters. The van der Waals surface area contributed by atoms with Gasteiger partial charge in [-0.1, -0.05) is 36.8 Å². The van der Waals surface area contributed by atoms with Gasteiger partial charge in [0.1, 0.15) is 0 Å². The van der Waals surface area contributed by atoms with E-state index in [-0.39, 0.29) is 0 Å². The first-order chi connectivity index (χ1) is 9.72. The first-order valence-corrected chi connectivity index (χ1v) is 7.80. The zero-order chi connectivity index (χ0) is 14.4. The molecule has 3 heteroatoms. The average Bonchev–Trinajstić information content (AvgIpc) is 2.50. The van der Waals surface area contributed by atoms with E-state index in [0.29, 0.717) is 12.1 Å². The topological polar surface area (TPSA) is 24.5 Å². The molecule has 112 valence electrons. The quantitative estimate of drug-likeness (QED) is 0.864. The van der Waals surface area contributed by atoms with Gasteiger partial charge >= 0.3 is 0 Å². The van der Waals surface area contributed by atoms with Gasteiger partial charge in [0.15, 0.2) is 0 Å². The number of aryl methyl sites for hydroxylation is 1. The Hall–Kier alpha value is -0.900. The number of hydrogen-bond donors (Lipinski definition) is 1.